The molecule has 1 atom stereocenters. The van der Waals surface area contributed by atoms with E-state index in [4.69, 9.17) is 4.99 Å². The van der Waals surface area contributed by atoms with Crippen LogP contribution in [0.3, 0.4) is 0 Å². The van der Waals surface area contributed by atoms with Gasteiger partial charge in [-0.2, -0.15) is 0 Å². The second-order valence-corrected chi connectivity index (χ2v) is 6.21. The maximum atomic E-state index is 4.89. The number of guanidine groups is 1. The summed E-state index contributed by atoms with van der Waals surface area (Å²) in [5, 5.41) is 3.45. The van der Waals surface area contributed by atoms with Crippen molar-refractivity contribution in [3.8, 4) is 0 Å². The van der Waals surface area contributed by atoms with Gasteiger partial charge in [-0.3, -0.25) is 9.89 Å². The monoisotopic (exact) mass is 423 g/mol. The first-order valence-electron chi connectivity index (χ1n) is 8.74. The van der Waals surface area contributed by atoms with Crippen LogP contribution in [0.4, 0.5) is 0 Å². The predicted octanol–water partition coefficient (Wildman–Crippen LogP) is 1.69. The number of hydrogen-bond donors (Lipinski definition) is 1. The minimum Gasteiger partial charge on any atom is -0.357 e. The summed E-state index contributed by atoms with van der Waals surface area (Å²) in [7, 11) is 0. The third-order valence-electron chi connectivity index (χ3n) is 4.72. The van der Waals surface area contributed by atoms with Gasteiger partial charge in [0, 0.05) is 51.9 Å². The van der Waals surface area contributed by atoms with Gasteiger partial charge in [0.1, 0.15) is 0 Å². The molecule has 2 rings (SSSR count). The molecule has 2 fully saturated rings. The maximum Gasteiger partial charge on any atom is 0.193 e. The molecule has 0 bridgehead atoms. The van der Waals surface area contributed by atoms with Crippen molar-refractivity contribution in [2.75, 3.05) is 58.9 Å². The van der Waals surface area contributed by atoms with Crippen molar-refractivity contribution in [3.63, 3.8) is 0 Å². The Balaban J connectivity index is 0.00000242. The lowest BCUT2D eigenvalue weighted by Gasteiger charge is -2.37. The van der Waals surface area contributed by atoms with Gasteiger partial charge in [0.2, 0.25) is 0 Å². The molecule has 0 saturated carbocycles. The molecule has 0 aromatic rings. The Hall–Kier alpha value is -0.0800. The molecule has 0 aromatic heterocycles. The molecule has 1 N–H and O–H groups in total. The van der Waals surface area contributed by atoms with E-state index in [9.17, 15) is 0 Å². The van der Waals surface area contributed by atoms with E-state index in [2.05, 4.69) is 40.8 Å². The van der Waals surface area contributed by atoms with Gasteiger partial charge in [0.05, 0.1) is 6.54 Å². The van der Waals surface area contributed by atoms with Crippen LogP contribution in [0.2, 0.25) is 0 Å². The van der Waals surface area contributed by atoms with E-state index in [0.29, 0.717) is 6.04 Å². The predicted molar refractivity (Wildman–Crippen MR) is 105 cm³/mol. The lowest BCUT2D eigenvalue weighted by Crippen LogP contribution is -2.50. The van der Waals surface area contributed by atoms with Gasteiger partial charge < -0.3 is 15.1 Å². The van der Waals surface area contributed by atoms with Crippen molar-refractivity contribution in [2.45, 2.75) is 39.7 Å². The number of aliphatic imine (C=N–C) groups is 1. The van der Waals surface area contributed by atoms with Gasteiger partial charge in [-0.1, -0.05) is 6.92 Å². The number of rotatable bonds is 5. The Morgan fingerprint density at radius 2 is 1.68 bits per heavy atom. The van der Waals surface area contributed by atoms with Crippen LogP contribution in [0, 0.1) is 0 Å². The highest BCUT2D eigenvalue weighted by atomic mass is 127. The summed E-state index contributed by atoms with van der Waals surface area (Å²) in [6.07, 6.45) is 2.61. The number of halogens is 1. The molecule has 2 aliphatic heterocycles. The van der Waals surface area contributed by atoms with Crippen molar-refractivity contribution in [2.24, 2.45) is 4.99 Å². The highest BCUT2D eigenvalue weighted by Gasteiger charge is 2.21. The second kappa shape index (κ2) is 10.6. The fourth-order valence-electron chi connectivity index (χ4n) is 3.21. The van der Waals surface area contributed by atoms with Gasteiger partial charge in [-0.05, 0) is 33.2 Å². The van der Waals surface area contributed by atoms with Gasteiger partial charge in [-0.15, -0.1) is 24.0 Å². The molecule has 5 nitrogen and oxygen atoms in total. The third kappa shape index (κ3) is 5.85. The quantitative estimate of drug-likeness (QED) is 0.415. The van der Waals surface area contributed by atoms with Crippen LogP contribution in [-0.4, -0.2) is 85.6 Å². The summed E-state index contributed by atoms with van der Waals surface area (Å²) in [5.74, 6) is 1.12. The Kier molecular flexibility index (Phi) is 9.66. The number of nitrogens with zero attached hydrogens (tertiary/aromatic N) is 4. The fourth-order valence-corrected chi connectivity index (χ4v) is 3.21. The number of likely N-dealkylation sites (tertiary alicyclic amines) is 1. The van der Waals surface area contributed by atoms with E-state index < -0.39 is 0 Å². The van der Waals surface area contributed by atoms with Crippen molar-refractivity contribution < 1.29 is 0 Å². The smallest absolute Gasteiger partial charge is 0.193 e. The van der Waals surface area contributed by atoms with Crippen LogP contribution in [0.5, 0.6) is 0 Å². The van der Waals surface area contributed by atoms with Crippen LogP contribution >= 0.6 is 24.0 Å². The first-order chi connectivity index (χ1) is 10.2. The lowest BCUT2D eigenvalue weighted by molar-refractivity contribution is 0.109. The van der Waals surface area contributed by atoms with E-state index >= 15 is 0 Å². The molecule has 0 aliphatic carbocycles. The summed E-state index contributed by atoms with van der Waals surface area (Å²) >= 11 is 0. The average molecular weight is 423 g/mol. The van der Waals surface area contributed by atoms with Gasteiger partial charge in [0.25, 0.3) is 0 Å². The molecule has 0 spiro atoms. The minimum absolute atomic E-state index is 0. The molecule has 0 aromatic carbocycles. The zero-order chi connectivity index (χ0) is 15.1. The summed E-state index contributed by atoms with van der Waals surface area (Å²) in [4.78, 5) is 12.4. The van der Waals surface area contributed by atoms with Crippen molar-refractivity contribution in [3.05, 3.63) is 0 Å². The van der Waals surface area contributed by atoms with E-state index in [-0.39, 0.29) is 24.0 Å². The molecule has 2 heterocycles. The summed E-state index contributed by atoms with van der Waals surface area (Å²) < 4.78 is 0. The molecular formula is C16H34IN5. The third-order valence-corrected chi connectivity index (χ3v) is 4.72. The molecule has 2 saturated heterocycles. The standard InChI is InChI=1S/C16H33N5.HI/c1-4-17-16(21-8-6-7-9-21)18-14-15(3)20-12-10-19(5-2)11-13-20;/h15H,4-14H2,1-3H3,(H,17,18);1H. The van der Waals surface area contributed by atoms with Crippen molar-refractivity contribution in [1.82, 2.24) is 20.0 Å². The average Bonchev–Trinajstić information content (AvgIpc) is 3.05. The SMILES string of the molecule is CCNC(=NCC(C)N1CCN(CC)CC1)N1CCCC1.I. The van der Waals surface area contributed by atoms with Crippen LogP contribution in [0.25, 0.3) is 0 Å². The first-order valence-corrected chi connectivity index (χ1v) is 8.74. The molecule has 1 unspecified atom stereocenters. The van der Waals surface area contributed by atoms with Crippen LogP contribution < -0.4 is 5.32 Å². The number of nitrogens with one attached hydrogen (secondary N) is 1. The van der Waals surface area contributed by atoms with Gasteiger partial charge >= 0.3 is 0 Å². The first kappa shape index (κ1) is 20.0. The number of piperazine rings is 1. The lowest BCUT2D eigenvalue weighted by atomic mass is 10.2. The van der Waals surface area contributed by atoms with Crippen LogP contribution in [-0.2, 0) is 0 Å². The molecule has 0 amide bonds. The molecular weight excluding hydrogens is 389 g/mol. The van der Waals surface area contributed by atoms with Crippen LogP contribution in [0.1, 0.15) is 33.6 Å². The maximum absolute atomic E-state index is 4.89. The summed E-state index contributed by atoms with van der Waals surface area (Å²) in [5.41, 5.74) is 0. The Labute approximate surface area is 153 Å². The van der Waals surface area contributed by atoms with E-state index in [1.54, 1.807) is 0 Å². The summed E-state index contributed by atoms with van der Waals surface area (Å²) in [6.45, 7) is 16.9. The normalized spacial score (nSPS) is 22.5. The zero-order valence-electron chi connectivity index (χ0n) is 14.6. The van der Waals surface area contributed by atoms with E-state index in [0.717, 1.165) is 32.1 Å². The van der Waals surface area contributed by atoms with Gasteiger partial charge in [0.15, 0.2) is 5.96 Å². The Bertz CT molecular complexity index is 322. The Morgan fingerprint density at radius 3 is 2.23 bits per heavy atom. The minimum atomic E-state index is 0. The van der Waals surface area contributed by atoms with Gasteiger partial charge in [-0.25, -0.2) is 0 Å². The number of likely N-dealkylation sites (N-methyl/N-ethyl adjacent to an activating group) is 1. The summed E-state index contributed by atoms with van der Waals surface area (Å²) in [6, 6.07) is 0.542. The van der Waals surface area contributed by atoms with Crippen LogP contribution in [0.15, 0.2) is 4.99 Å². The fraction of sp³-hybridized carbons (Fsp3) is 0.938. The topological polar surface area (TPSA) is 34.1 Å². The molecule has 2 aliphatic rings. The highest BCUT2D eigenvalue weighted by molar-refractivity contribution is 14.0. The zero-order valence-corrected chi connectivity index (χ0v) is 16.9. The molecule has 0 radical (unpaired) electrons. The number of hydrogen-bond acceptors (Lipinski definition) is 3. The van der Waals surface area contributed by atoms with E-state index in [1.165, 1.54) is 45.6 Å². The van der Waals surface area contributed by atoms with Crippen molar-refractivity contribution >= 4 is 29.9 Å². The second-order valence-electron chi connectivity index (χ2n) is 6.21. The van der Waals surface area contributed by atoms with Crippen molar-refractivity contribution in [1.29, 1.82) is 0 Å². The molecule has 130 valence electrons. The largest absolute Gasteiger partial charge is 0.357 e. The molecule has 6 heteroatoms. The molecule has 22 heavy (non-hydrogen) atoms. The Morgan fingerprint density at radius 1 is 1.05 bits per heavy atom. The highest BCUT2D eigenvalue weighted by Crippen LogP contribution is 2.09. The van der Waals surface area contributed by atoms with E-state index in [1.807, 2.05) is 0 Å².